The fourth-order valence-electron chi connectivity index (χ4n) is 2.01. The predicted octanol–water partition coefficient (Wildman–Crippen LogP) is 2.89. The Kier molecular flexibility index (Phi) is 2.69. The quantitative estimate of drug-likeness (QED) is 0.751. The molecule has 0 aliphatic carbocycles. The molecule has 0 atom stereocenters. The summed E-state index contributed by atoms with van der Waals surface area (Å²) in [5, 5.41) is 0. The summed E-state index contributed by atoms with van der Waals surface area (Å²) in [4.78, 5) is 1.77. The highest BCUT2D eigenvalue weighted by atomic mass is 19.4. The molecule has 0 bridgehead atoms. The van der Waals surface area contributed by atoms with Crippen LogP contribution in [0.25, 0.3) is 0 Å². The zero-order valence-corrected chi connectivity index (χ0v) is 8.72. The van der Waals surface area contributed by atoms with Crippen molar-refractivity contribution < 1.29 is 13.2 Å². The second kappa shape index (κ2) is 3.88. The molecule has 2 rings (SSSR count). The summed E-state index contributed by atoms with van der Waals surface area (Å²) in [6, 6.07) is 3.99. The van der Waals surface area contributed by atoms with E-state index in [4.69, 9.17) is 5.73 Å². The summed E-state index contributed by atoms with van der Waals surface area (Å²) < 4.78 is 38.4. The molecule has 0 radical (unpaired) electrons. The normalized spacial score (nSPS) is 16.8. The van der Waals surface area contributed by atoms with E-state index in [1.54, 1.807) is 4.90 Å². The third kappa shape index (κ3) is 2.08. The van der Waals surface area contributed by atoms with Crippen LogP contribution >= 0.6 is 0 Å². The van der Waals surface area contributed by atoms with Crippen LogP contribution in [0.4, 0.5) is 24.5 Å². The van der Waals surface area contributed by atoms with Crippen molar-refractivity contribution >= 4 is 11.4 Å². The average Bonchev–Trinajstić information content (AvgIpc) is 2.69. The maximum atomic E-state index is 12.8. The molecule has 0 amide bonds. The molecule has 1 aliphatic heterocycles. The molecule has 16 heavy (non-hydrogen) atoms. The highest BCUT2D eigenvalue weighted by Crippen LogP contribution is 2.38. The minimum Gasteiger partial charge on any atom is -0.399 e. The molecule has 1 heterocycles. The van der Waals surface area contributed by atoms with Crippen molar-refractivity contribution in [3.05, 3.63) is 23.8 Å². The predicted molar refractivity (Wildman–Crippen MR) is 57.3 cm³/mol. The van der Waals surface area contributed by atoms with Crippen molar-refractivity contribution in [1.82, 2.24) is 0 Å². The molecule has 1 aromatic rings. The van der Waals surface area contributed by atoms with Crippen molar-refractivity contribution in [3.63, 3.8) is 0 Å². The van der Waals surface area contributed by atoms with Gasteiger partial charge < -0.3 is 10.6 Å². The number of halogens is 3. The van der Waals surface area contributed by atoms with Gasteiger partial charge >= 0.3 is 6.18 Å². The smallest absolute Gasteiger partial charge is 0.399 e. The molecule has 0 aromatic heterocycles. The van der Waals surface area contributed by atoms with Crippen LogP contribution < -0.4 is 10.6 Å². The number of rotatable bonds is 1. The molecule has 1 saturated heterocycles. The van der Waals surface area contributed by atoms with E-state index in [0.29, 0.717) is 13.1 Å². The molecule has 1 aliphatic rings. The number of nitrogens with two attached hydrogens (primary N) is 1. The summed E-state index contributed by atoms with van der Waals surface area (Å²) in [5.74, 6) is 0. The van der Waals surface area contributed by atoms with Gasteiger partial charge in [0.1, 0.15) is 0 Å². The van der Waals surface area contributed by atoms with Crippen molar-refractivity contribution in [2.24, 2.45) is 0 Å². The molecule has 2 N–H and O–H groups in total. The first kappa shape index (κ1) is 11.1. The van der Waals surface area contributed by atoms with Gasteiger partial charge in [0.25, 0.3) is 0 Å². The van der Waals surface area contributed by atoms with Gasteiger partial charge in [-0.15, -0.1) is 0 Å². The van der Waals surface area contributed by atoms with Crippen LogP contribution in [0.2, 0.25) is 0 Å². The van der Waals surface area contributed by atoms with Crippen molar-refractivity contribution in [3.8, 4) is 0 Å². The molecule has 88 valence electrons. The Bertz CT molecular complexity index is 381. The molecule has 1 aromatic carbocycles. The van der Waals surface area contributed by atoms with E-state index in [9.17, 15) is 13.2 Å². The number of hydrogen-bond acceptors (Lipinski definition) is 2. The van der Waals surface area contributed by atoms with Gasteiger partial charge in [0, 0.05) is 24.5 Å². The fraction of sp³-hybridized carbons (Fsp3) is 0.455. The van der Waals surface area contributed by atoms with E-state index in [2.05, 4.69) is 0 Å². The first-order chi connectivity index (χ1) is 7.48. The minimum atomic E-state index is -4.34. The lowest BCUT2D eigenvalue weighted by Gasteiger charge is -2.22. The van der Waals surface area contributed by atoms with Gasteiger partial charge in [-0.05, 0) is 31.0 Å². The SMILES string of the molecule is Nc1ccc(N2CCCC2)c(C(F)(F)F)c1. The second-order valence-electron chi connectivity index (χ2n) is 3.97. The summed E-state index contributed by atoms with van der Waals surface area (Å²) >= 11 is 0. The first-order valence-corrected chi connectivity index (χ1v) is 5.20. The van der Waals surface area contributed by atoms with Gasteiger partial charge in [0.15, 0.2) is 0 Å². The molecule has 0 spiro atoms. The topological polar surface area (TPSA) is 29.3 Å². The molecule has 5 heteroatoms. The van der Waals surface area contributed by atoms with Gasteiger partial charge in [-0.25, -0.2) is 0 Å². The summed E-state index contributed by atoms with van der Waals surface area (Å²) in [6.07, 6.45) is -2.45. The average molecular weight is 230 g/mol. The molecule has 2 nitrogen and oxygen atoms in total. The Morgan fingerprint density at radius 1 is 1.12 bits per heavy atom. The van der Waals surface area contributed by atoms with Crippen LogP contribution in [0, 0.1) is 0 Å². The van der Waals surface area contributed by atoms with Gasteiger partial charge in [-0.2, -0.15) is 13.2 Å². The maximum Gasteiger partial charge on any atom is 0.418 e. The van der Waals surface area contributed by atoms with Gasteiger partial charge in [-0.3, -0.25) is 0 Å². The second-order valence-corrected chi connectivity index (χ2v) is 3.97. The van der Waals surface area contributed by atoms with E-state index in [-0.39, 0.29) is 11.4 Å². The Labute approximate surface area is 91.8 Å². The van der Waals surface area contributed by atoms with Crippen LogP contribution in [-0.4, -0.2) is 13.1 Å². The largest absolute Gasteiger partial charge is 0.418 e. The van der Waals surface area contributed by atoms with Gasteiger partial charge in [-0.1, -0.05) is 0 Å². The Hall–Kier alpha value is -1.39. The van der Waals surface area contributed by atoms with E-state index in [1.165, 1.54) is 12.1 Å². The van der Waals surface area contributed by atoms with Crippen LogP contribution in [0.3, 0.4) is 0 Å². The van der Waals surface area contributed by atoms with Crippen LogP contribution in [0.1, 0.15) is 18.4 Å². The molecular formula is C11H13F3N2. The maximum absolute atomic E-state index is 12.8. The fourth-order valence-corrected chi connectivity index (χ4v) is 2.01. The first-order valence-electron chi connectivity index (χ1n) is 5.20. The third-order valence-corrected chi connectivity index (χ3v) is 2.77. The lowest BCUT2D eigenvalue weighted by atomic mass is 10.1. The minimum absolute atomic E-state index is 0.148. The summed E-state index contributed by atoms with van der Waals surface area (Å²) in [7, 11) is 0. The van der Waals surface area contributed by atoms with E-state index < -0.39 is 11.7 Å². The number of nitrogens with zero attached hydrogens (tertiary/aromatic N) is 1. The van der Waals surface area contributed by atoms with Crippen LogP contribution in [0.5, 0.6) is 0 Å². The Balaban J connectivity index is 2.43. The summed E-state index contributed by atoms with van der Waals surface area (Å²) in [6.45, 7) is 1.37. The van der Waals surface area contributed by atoms with Crippen molar-refractivity contribution in [2.45, 2.75) is 19.0 Å². The lowest BCUT2D eigenvalue weighted by molar-refractivity contribution is -0.137. The zero-order chi connectivity index (χ0) is 11.8. The number of anilines is 2. The molecule has 0 unspecified atom stereocenters. The van der Waals surface area contributed by atoms with Gasteiger partial charge in [0.05, 0.1) is 5.56 Å². The highest BCUT2D eigenvalue weighted by molar-refractivity contribution is 5.61. The molecule has 0 saturated carbocycles. The van der Waals surface area contributed by atoms with Crippen LogP contribution in [-0.2, 0) is 6.18 Å². The Morgan fingerprint density at radius 3 is 2.31 bits per heavy atom. The van der Waals surface area contributed by atoms with E-state index >= 15 is 0 Å². The lowest BCUT2D eigenvalue weighted by Crippen LogP contribution is -2.22. The Morgan fingerprint density at radius 2 is 1.75 bits per heavy atom. The number of benzene rings is 1. The number of hydrogen-bond donors (Lipinski definition) is 1. The van der Waals surface area contributed by atoms with Crippen molar-refractivity contribution in [1.29, 1.82) is 0 Å². The zero-order valence-electron chi connectivity index (χ0n) is 8.72. The van der Waals surface area contributed by atoms with E-state index in [0.717, 1.165) is 18.9 Å². The van der Waals surface area contributed by atoms with E-state index in [1.807, 2.05) is 0 Å². The van der Waals surface area contributed by atoms with Gasteiger partial charge in [0.2, 0.25) is 0 Å². The third-order valence-electron chi connectivity index (χ3n) is 2.77. The number of alkyl halides is 3. The highest BCUT2D eigenvalue weighted by Gasteiger charge is 2.35. The standard InChI is InChI=1S/C11H13F3N2/c12-11(13,14)9-7-8(15)3-4-10(9)16-5-1-2-6-16/h3-4,7H,1-2,5-6,15H2. The van der Waals surface area contributed by atoms with Crippen molar-refractivity contribution in [2.75, 3.05) is 23.7 Å². The summed E-state index contributed by atoms with van der Waals surface area (Å²) in [5.41, 5.74) is 5.17. The van der Waals surface area contributed by atoms with Crippen LogP contribution in [0.15, 0.2) is 18.2 Å². The molecular weight excluding hydrogens is 217 g/mol. The monoisotopic (exact) mass is 230 g/mol. The molecule has 1 fully saturated rings. The number of nitrogen functional groups attached to an aromatic ring is 1.